The van der Waals surface area contributed by atoms with Crippen LogP contribution in [-0.4, -0.2) is 11.6 Å². The lowest BCUT2D eigenvalue weighted by atomic mass is 10.1. The third-order valence-electron chi connectivity index (χ3n) is 4.16. The normalized spacial score (nSPS) is 11.3. The molecule has 142 valence electrons. The minimum atomic E-state index is -0.210. The van der Waals surface area contributed by atoms with Crippen molar-refractivity contribution < 1.29 is 4.79 Å². The molecule has 0 aliphatic rings. The number of hydrazone groups is 1. The highest BCUT2D eigenvalue weighted by atomic mass is 79.9. The predicted octanol–water partition coefficient (Wildman–Crippen LogP) is 6.04. The van der Waals surface area contributed by atoms with Crippen molar-refractivity contribution in [2.24, 2.45) is 5.10 Å². The monoisotopic (exact) mass is 452 g/mol. The number of hydrogen-bond donors (Lipinski definition) is 1. The van der Waals surface area contributed by atoms with Crippen LogP contribution in [0.5, 0.6) is 0 Å². The number of nitrogens with zero attached hydrogens (tertiary/aromatic N) is 1. The molecule has 0 atom stereocenters. The maximum Gasteiger partial charge on any atom is 0.271 e. The number of amides is 1. The van der Waals surface area contributed by atoms with Crippen molar-refractivity contribution in [3.05, 3.63) is 106 Å². The van der Waals surface area contributed by atoms with Crippen molar-refractivity contribution in [3.63, 3.8) is 0 Å². The third kappa shape index (κ3) is 6.08. The molecule has 5 heteroatoms. The van der Waals surface area contributed by atoms with Crippen LogP contribution in [-0.2, 0) is 11.5 Å². The van der Waals surface area contributed by atoms with Crippen molar-refractivity contribution in [1.82, 2.24) is 5.43 Å². The molecule has 0 unspecified atom stereocenters. The van der Waals surface area contributed by atoms with Crippen LogP contribution in [0.25, 0.3) is 0 Å². The lowest BCUT2D eigenvalue weighted by molar-refractivity contribution is 0.0955. The summed E-state index contributed by atoms with van der Waals surface area (Å²) in [5.74, 6) is 1.68. The van der Waals surface area contributed by atoms with Gasteiger partial charge >= 0.3 is 0 Å². The summed E-state index contributed by atoms with van der Waals surface area (Å²) in [5.41, 5.74) is 7.46. The predicted molar refractivity (Wildman–Crippen MR) is 122 cm³/mol. The average Bonchev–Trinajstić information content (AvgIpc) is 2.73. The van der Waals surface area contributed by atoms with Gasteiger partial charge in [-0.05, 0) is 47.9 Å². The highest BCUT2D eigenvalue weighted by molar-refractivity contribution is 9.10. The van der Waals surface area contributed by atoms with Crippen LogP contribution in [0.2, 0.25) is 0 Å². The van der Waals surface area contributed by atoms with Gasteiger partial charge in [-0.3, -0.25) is 4.79 Å². The van der Waals surface area contributed by atoms with Crippen LogP contribution in [0.1, 0.15) is 34.0 Å². The highest BCUT2D eigenvalue weighted by Gasteiger charge is 2.06. The Bertz CT molecular complexity index is 956. The number of rotatable bonds is 7. The molecule has 3 aromatic rings. The van der Waals surface area contributed by atoms with E-state index in [1.165, 1.54) is 11.1 Å². The van der Waals surface area contributed by atoms with Gasteiger partial charge in [0.2, 0.25) is 0 Å². The van der Waals surface area contributed by atoms with Crippen LogP contribution >= 0.6 is 27.7 Å². The van der Waals surface area contributed by atoms with E-state index in [4.69, 9.17) is 0 Å². The molecular formula is C23H21BrN2OS. The van der Waals surface area contributed by atoms with Gasteiger partial charge in [-0.25, -0.2) is 5.43 Å². The summed E-state index contributed by atoms with van der Waals surface area (Å²) in [6, 6.07) is 25.9. The summed E-state index contributed by atoms with van der Waals surface area (Å²) in [6.45, 7) is 1.87. The number of hydrogen-bond acceptors (Lipinski definition) is 3. The molecule has 0 radical (unpaired) electrons. The van der Waals surface area contributed by atoms with Crippen molar-refractivity contribution in [2.75, 3.05) is 0 Å². The second-order valence-electron chi connectivity index (χ2n) is 6.32. The number of nitrogens with one attached hydrogen (secondary N) is 1. The third-order valence-corrected chi connectivity index (χ3v) is 5.73. The Balaban J connectivity index is 1.52. The van der Waals surface area contributed by atoms with Gasteiger partial charge in [0.25, 0.3) is 5.91 Å². The van der Waals surface area contributed by atoms with Gasteiger partial charge in [-0.15, -0.1) is 0 Å². The zero-order valence-corrected chi connectivity index (χ0v) is 18.0. The van der Waals surface area contributed by atoms with Crippen LogP contribution in [0, 0.1) is 0 Å². The summed E-state index contributed by atoms with van der Waals surface area (Å²) in [6.07, 6.45) is 0. The summed E-state index contributed by atoms with van der Waals surface area (Å²) in [5, 5.41) is 4.21. The maximum absolute atomic E-state index is 12.3. The molecule has 0 heterocycles. The molecule has 0 aromatic heterocycles. The van der Waals surface area contributed by atoms with E-state index in [-0.39, 0.29) is 5.91 Å². The Morgan fingerprint density at radius 3 is 2.25 bits per heavy atom. The zero-order valence-electron chi connectivity index (χ0n) is 15.6. The van der Waals surface area contributed by atoms with Gasteiger partial charge in [0.1, 0.15) is 0 Å². The first-order valence-corrected chi connectivity index (χ1v) is 10.9. The quantitative estimate of drug-likeness (QED) is 0.350. The summed E-state index contributed by atoms with van der Waals surface area (Å²) in [4.78, 5) is 12.3. The van der Waals surface area contributed by atoms with E-state index < -0.39 is 0 Å². The Morgan fingerprint density at radius 2 is 1.57 bits per heavy atom. The number of carbonyl (C=O) groups excluding carboxylic acids is 1. The summed E-state index contributed by atoms with van der Waals surface area (Å²) < 4.78 is 0.978. The maximum atomic E-state index is 12.3. The van der Waals surface area contributed by atoms with E-state index in [0.717, 1.165) is 27.3 Å². The highest BCUT2D eigenvalue weighted by Crippen LogP contribution is 2.18. The fourth-order valence-electron chi connectivity index (χ4n) is 2.59. The Morgan fingerprint density at radius 1 is 0.893 bits per heavy atom. The first-order chi connectivity index (χ1) is 13.6. The van der Waals surface area contributed by atoms with Crippen LogP contribution < -0.4 is 5.43 Å². The molecule has 1 N–H and O–H groups in total. The lowest BCUT2D eigenvalue weighted by Gasteiger charge is -2.05. The SMILES string of the molecule is C/C(=N/NC(=O)c1ccc(CSCc2ccccc2)cc1)c1cccc(Br)c1. The number of carbonyl (C=O) groups is 1. The van der Waals surface area contributed by atoms with Crippen LogP contribution in [0.15, 0.2) is 88.4 Å². The first-order valence-electron chi connectivity index (χ1n) is 8.93. The lowest BCUT2D eigenvalue weighted by Crippen LogP contribution is -2.19. The van der Waals surface area contributed by atoms with E-state index in [2.05, 4.69) is 50.7 Å². The van der Waals surface area contributed by atoms with E-state index in [1.54, 1.807) is 0 Å². The molecule has 0 saturated carbocycles. The number of benzene rings is 3. The van der Waals surface area contributed by atoms with Gasteiger partial charge in [0.15, 0.2) is 0 Å². The second-order valence-corrected chi connectivity index (χ2v) is 8.23. The van der Waals surface area contributed by atoms with Crippen LogP contribution in [0.4, 0.5) is 0 Å². The molecule has 3 nitrogen and oxygen atoms in total. The minimum Gasteiger partial charge on any atom is -0.267 e. The molecule has 3 aromatic carbocycles. The Kier molecular flexibility index (Phi) is 7.46. The first kappa shape index (κ1) is 20.4. The molecule has 28 heavy (non-hydrogen) atoms. The van der Waals surface area contributed by atoms with Crippen molar-refractivity contribution in [3.8, 4) is 0 Å². The molecule has 0 fully saturated rings. The molecule has 0 spiro atoms. The topological polar surface area (TPSA) is 41.5 Å². The minimum absolute atomic E-state index is 0.210. The van der Waals surface area contributed by atoms with E-state index in [0.29, 0.717) is 5.56 Å². The average molecular weight is 453 g/mol. The zero-order chi connectivity index (χ0) is 19.8. The second kappa shape index (κ2) is 10.2. The molecule has 3 rings (SSSR count). The smallest absolute Gasteiger partial charge is 0.267 e. The van der Waals surface area contributed by atoms with Crippen molar-refractivity contribution in [1.29, 1.82) is 0 Å². The number of thioether (sulfide) groups is 1. The molecular weight excluding hydrogens is 432 g/mol. The van der Waals surface area contributed by atoms with Crippen molar-refractivity contribution in [2.45, 2.75) is 18.4 Å². The molecule has 0 bridgehead atoms. The number of halogens is 1. The van der Waals surface area contributed by atoms with Gasteiger partial charge in [-0.1, -0.05) is 70.5 Å². The molecule has 1 amide bonds. The van der Waals surface area contributed by atoms with Gasteiger partial charge in [0, 0.05) is 21.5 Å². The molecule has 0 aliphatic heterocycles. The fraction of sp³-hybridized carbons (Fsp3) is 0.130. The van der Waals surface area contributed by atoms with E-state index in [1.807, 2.05) is 73.3 Å². The van der Waals surface area contributed by atoms with Crippen LogP contribution in [0.3, 0.4) is 0 Å². The van der Waals surface area contributed by atoms with Gasteiger partial charge in [0.05, 0.1) is 5.71 Å². The van der Waals surface area contributed by atoms with Crippen molar-refractivity contribution >= 4 is 39.3 Å². The van der Waals surface area contributed by atoms with Gasteiger partial charge in [-0.2, -0.15) is 16.9 Å². The largest absolute Gasteiger partial charge is 0.271 e. The Labute approximate surface area is 178 Å². The fourth-order valence-corrected chi connectivity index (χ4v) is 3.95. The molecule has 0 aliphatic carbocycles. The summed E-state index contributed by atoms with van der Waals surface area (Å²) in [7, 11) is 0. The van der Waals surface area contributed by atoms with E-state index in [9.17, 15) is 4.79 Å². The van der Waals surface area contributed by atoms with E-state index >= 15 is 0 Å². The van der Waals surface area contributed by atoms with Gasteiger partial charge < -0.3 is 0 Å². The molecule has 0 saturated heterocycles. The Hall–Kier alpha value is -2.37. The standard InChI is InChI=1S/C23H21BrN2OS/c1-17(21-8-5-9-22(24)14-21)25-26-23(27)20-12-10-19(11-13-20)16-28-15-18-6-3-2-4-7-18/h2-14H,15-16H2,1H3,(H,26,27)/b25-17-. The summed E-state index contributed by atoms with van der Waals surface area (Å²) >= 11 is 5.30.